The van der Waals surface area contributed by atoms with Crippen molar-refractivity contribution in [2.75, 3.05) is 32.0 Å². The summed E-state index contributed by atoms with van der Waals surface area (Å²) in [5.74, 6) is 1.82. The predicted octanol–water partition coefficient (Wildman–Crippen LogP) is 2.77. The highest BCUT2D eigenvalue weighted by Crippen LogP contribution is 2.21. The van der Waals surface area contributed by atoms with Crippen LogP contribution in [0.3, 0.4) is 0 Å². The van der Waals surface area contributed by atoms with Crippen LogP contribution >= 0.6 is 0 Å². The number of anilines is 1. The third-order valence-corrected chi connectivity index (χ3v) is 4.23. The van der Waals surface area contributed by atoms with E-state index in [1.54, 1.807) is 6.33 Å². The minimum atomic E-state index is 0.854. The average Bonchev–Trinajstić information content (AvgIpc) is 2.49. The number of piperidine rings is 1. The molecule has 4 nitrogen and oxygen atoms in total. The normalized spacial score (nSPS) is 17.4. The number of likely N-dealkylation sites (tertiary alicyclic amines) is 1. The summed E-state index contributed by atoms with van der Waals surface area (Å²) in [6, 6.07) is 8.15. The van der Waals surface area contributed by atoms with Crippen molar-refractivity contribution in [1.82, 2.24) is 14.9 Å². The lowest BCUT2D eigenvalue weighted by Gasteiger charge is -2.28. The summed E-state index contributed by atoms with van der Waals surface area (Å²) in [6.07, 6.45) is 5.51. The Morgan fingerprint density at radius 1 is 1.20 bits per heavy atom. The second-order valence-corrected chi connectivity index (χ2v) is 5.70. The zero-order valence-corrected chi connectivity index (χ0v) is 12.0. The van der Waals surface area contributed by atoms with Crippen molar-refractivity contribution in [1.29, 1.82) is 0 Å². The quantitative estimate of drug-likeness (QED) is 0.927. The van der Waals surface area contributed by atoms with Gasteiger partial charge in [0.1, 0.15) is 12.1 Å². The van der Waals surface area contributed by atoms with Crippen LogP contribution in [-0.2, 0) is 0 Å². The number of fused-ring (bicyclic) bond motifs is 1. The van der Waals surface area contributed by atoms with E-state index < -0.39 is 0 Å². The highest BCUT2D eigenvalue weighted by Gasteiger charge is 2.16. The molecule has 0 radical (unpaired) electrons. The van der Waals surface area contributed by atoms with Gasteiger partial charge >= 0.3 is 0 Å². The van der Waals surface area contributed by atoms with Crippen molar-refractivity contribution < 1.29 is 0 Å². The molecule has 1 aromatic heterocycles. The van der Waals surface area contributed by atoms with Gasteiger partial charge in [-0.25, -0.2) is 9.97 Å². The summed E-state index contributed by atoms with van der Waals surface area (Å²) in [4.78, 5) is 11.1. The van der Waals surface area contributed by atoms with Gasteiger partial charge < -0.3 is 10.2 Å². The van der Waals surface area contributed by atoms with Crippen LogP contribution in [0.1, 0.15) is 19.3 Å². The topological polar surface area (TPSA) is 41.0 Å². The minimum Gasteiger partial charge on any atom is -0.369 e. The van der Waals surface area contributed by atoms with E-state index in [0.717, 1.165) is 29.2 Å². The van der Waals surface area contributed by atoms with Gasteiger partial charge in [0.2, 0.25) is 0 Å². The first-order valence-electron chi connectivity index (χ1n) is 7.45. The number of para-hydroxylation sites is 1. The maximum atomic E-state index is 4.37. The average molecular weight is 270 g/mol. The third-order valence-electron chi connectivity index (χ3n) is 4.23. The van der Waals surface area contributed by atoms with Gasteiger partial charge in [0.05, 0.1) is 5.52 Å². The van der Waals surface area contributed by atoms with Gasteiger partial charge in [-0.3, -0.25) is 0 Å². The zero-order valence-electron chi connectivity index (χ0n) is 12.0. The Balaban J connectivity index is 1.57. The van der Waals surface area contributed by atoms with E-state index in [-0.39, 0.29) is 0 Å². The molecular weight excluding hydrogens is 248 g/mol. The molecule has 20 heavy (non-hydrogen) atoms. The molecule has 1 aromatic carbocycles. The summed E-state index contributed by atoms with van der Waals surface area (Å²) in [5, 5.41) is 4.59. The monoisotopic (exact) mass is 270 g/mol. The van der Waals surface area contributed by atoms with Gasteiger partial charge in [0.25, 0.3) is 0 Å². The molecule has 2 heterocycles. The van der Waals surface area contributed by atoms with Crippen LogP contribution in [-0.4, -0.2) is 41.5 Å². The standard InChI is InChI=1S/C16H22N4/c1-20-10-7-13(8-11-20)6-9-17-16-14-4-2-3-5-15(14)18-12-19-16/h2-5,12-13H,6-11H2,1H3,(H,17,18,19). The van der Waals surface area contributed by atoms with Gasteiger partial charge in [0.15, 0.2) is 0 Å². The molecule has 4 heteroatoms. The molecule has 2 aromatic rings. The third kappa shape index (κ3) is 3.07. The number of hydrogen-bond donors (Lipinski definition) is 1. The van der Waals surface area contributed by atoms with E-state index in [1.807, 2.05) is 18.2 Å². The highest BCUT2D eigenvalue weighted by molar-refractivity contribution is 5.88. The summed E-state index contributed by atoms with van der Waals surface area (Å²) in [6.45, 7) is 3.47. The van der Waals surface area contributed by atoms with Crippen molar-refractivity contribution in [3.8, 4) is 0 Å². The number of aromatic nitrogens is 2. The lowest BCUT2D eigenvalue weighted by molar-refractivity contribution is 0.215. The molecule has 0 atom stereocenters. The van der Waals surface area contributed by atoms with E-state index in [9.17, 15) is 0 Å². The molecule has 106 valence electrons. The van der Waals surface area contributed by atoms with Gasteiger partial charge in [-0.2, -0.15) is 0 Å². The molecule has 1 aliphatic heterocycles. The Morgan fingerprint density at radius 2 is 2.00 bits per heavy atom. The Bertz CT molecular complexity index is 556. The fourth-order valence-electron chi connectivity index (χ4n) is 2.89. The lowest BCUT2D eigenvalue weighted by Crippen LogP contribution is -2.30. The number of benzene rings is 1. The molecule has 0 bridgehead atoms. The first kappa shape index (κ1) is 13.3. The van der Waals surface area contributed by atoms with E-state index >= 15 is 0 Å². The Morgan fingerprint density at radius 3 is 2.85 bits per heavy atom. The fraction of sp³-hybridized carbons (Fsp3) is 0.500. The number of nitrogens with one attached hydrogen (secondary N) is 1. The molecule has 0 spiro atoms. The first-order valence-corrected chi connectivity index (χ1v) is 7.45. The zero-order chi connectivity index (χ0) is 13.8. The maximum Gasteiger partial charge on any atom is 0.137 e. The lowest BCUT2D eigenvalue weighted by atomic mass is 9.94. The fourth-order valence-corrected chi connectivity index (χ4v) is 2.89. The highest BCUT2D eigenvalue weighted by atomic mass is 15.1. The van der Waals surface area contributed by atoms with Crippen LogP contribution in [0.2, 0.25) is 0 Å². The summed E-state index contributed by atoms with van der Waals surface area (Å²) < 4.78 is 0. The second kappa shape index (κ2) is 6.18. The van der Waals surface area contributed by atoms with Crippen LogP contribution in [0.15, 0.2) is 30.6 Å². The Hall–Kier alpha value is -1.68. The SMILES string of the molecule is CN1CCC(CCNc2ncnc3ccccc23)CC1. The molecule has 0 amide bonds. The number of rotatable bonds is 4. The maximum absolute atomic E-state index is 4.37. The minimum absolute atomic E-state index is 0.854. The van der Waals surface area contributed by atoms with Crippen molar-refractivity contribution in [3.05, 3.63) is 30.6 Å². The van der Waals surface area contributed by atoms with Crippen LogP contribution in [0.25, 0.3) is 10.9 Å². The molecule has 1 N–H and O–H groups in total. The van der Waals surface area contributed by atoms with Crippen LogP contribution < -0.4 is 5.32 Å². The van der Waals surface area contributed by atoms with E-state index in [0.29, 0.717) is 0 Å². The van der Waals surface area contributed by atoms with E-state index in [4.69, 9.17) is 0 Å². The second-order valence-electron chi connectivity index (χ2n) is 5.70. The van der Waals surface area contributed by atoms with E-state index in [2.05, 4.69) is 33.3 Å². The van der Waals surface area contributed by atoms with Gasteiger partial charge in [0, 0.05) is 11.9 Å². The molecule has 1 saturated heterocycles. The van der Waals surface area contributed by atoms with Crippen molar-refractivity contribution in [3.63, 3.8) is 0 Å². The molecular formula is C16H22N4. The number of nitrogens with zero attached hydrogens (tertiary/aromatic N) is 3. The smallest absolute Gasteiger partial charge is 0.137 e. The van der Waals surface area contributed by atoms with Crippen LogP contribution in [0.4, 0.5) is 5.82 Å². The van der Waals surface area contributed by atoms with Crippen molar-refractivity contribution in [2.45, 2.75) is 19.3 Å². The van der Waals surface area contributed by atoms with Crippen molar-refractivity contribution >= 4 is 16.7 Å². The van der Waals surface area contributed by atoms with Gasteiger partial charge in [-0.15, -0.1) is 0 Å². The Labute approximate surface area is 120 Å². The van der Waals surface area contributed by atoms with Crippen molar-refractivity contribution in [2.24, 2.45) is 5.92 Å². The molecule has 0 unspecified atom stereocenters. The largest absolute Gasteiger partial charge is 0.369 e. The molecule has 0 saturated carbocycles. The molecule has 1 aliphatic rings. The predicted molar refractivity (Wildman–Crippen MR) is 82.9 cm³/mol. The van der Waals surface area contributed by atoms with Gasteiger partial charge in [-0.05, 0) is 57.5 Å². The Kier molecular flexibility index (Phi) is 4.11. The summed E-state index contributed by atoms with van der Waals surface area (Å²) in [7, 11) is 2.21. The van der Waals surface area contributed by atoms with Crippen LogP contribution in [0, 0.1) is 5.92 Å². The summed E-state index contributed by atoms with van der Waals surface area (Å²) in [5.41, 5.74) is 1.00. The molecule has 1 fully saturated rings. The summed E-state index contributed by atoms with van der Waals surface area (Å²) >= 11 is 0. The van der Waals surface area contributed by atoms with E-state index in [1.165, 1.54) is 32.4 Å². The number of hydrogen-bond acceptors (Lipinski definition) is 4. The van der Waals surface area contributed by atoms with Crippen LogP contribution in [0.5, 0.6) is 0 Å². The first-order chi connectivity index (χ1) is 9.83. The molecule has 0 aliphatic carbocycles. The van der Waals surface area contributed by atoms with Gasteiger partial charge in [-0.1, -0.05) is 12.1 Å². The molecule has 3 rings (SSSR count).